The molecule has 3 N–H and O–H groups in total. The number of carbonyl (C=O) groups is 2. The Hall–Kier alpha value is -2.79. The van der Waals surface area contributed by atoms with E-state index in [-0.39, 0.29) is 36.8 Å². The molecule has 3 rings (SSSR count). The average Bonchev–Trinajstić information content (AvgIpc) is 3.22. The first-order valence-electron chi connectivity index (χ1n) is 11.0. The highest BCUT2D eigenvalue weighted by Gasteiger charge is 2.25. The van der Waals surface area contributed by atoms with Crippen LogP contribution in [0, 0.1) is 12.7 Å². The van der Waals surface area contributed by atoms with Crippen LogP contribution in [0.1, 0.15) is 24.0 Å². The van der Waals surface area contributed by atoms with Crippen molar-refractivity contribution in [2.45, 2.75) is 38.3 Å². The Morgan fingerprint density at radius 1 is 1.31 bits per heavy atom. The molecule has 0 aliphatic carbocycles. The fourth-order valence-electron chi connectivity index (χ4n) is 3.47. The van der Waals surface area contributed by atoms with Gasteiger partial charge in [0, 0.05) is 13.5 Å². The Labute approximate surface area is 211 Å². The van der Waals surface area contributed by atoms with Crippen LogP contribution in [0.15, 0.2) is 36.4 Å². The second kappa shape index (κ2) is 12.3. The van der Waals surface area contributed by atoms with Crippen molar-refractivity contribution >= 4 is 50.3 Å². The van der Waals surface area contributed by atoms with Gasteiger partial charge in [0.1, 0.15) is 12.4 Å². The van der Waals surface area contributed by atoms with Gasteiger partial charge in [-0.15, -0.1) is 0 Å². The molecule has 0 unspecified atom stereocenters. The van der Waals surface area contributed by atoms with E-state index in [4.69, 9.17) is 16.3 Å². The molecule has 0 saturated heterocycles. The summed E-state index contributed by atoms with van der Waals surface area (Å²) >= 11 is 7.27. The standard InChI is InChI=1S/C24H27ClFN3O5S/c1-14-6-8-19-20(10-14)35-23(27-19)28-24(33)34-13-16(11-17(31)12-30)29(2)21(32)9-7-15-4-3-5-18(26)22(15)25/h3-6,8,10,16-17,30-31H,7,9,11-13H2,1-2H3,(H,27,28,33)/t16-,17+/m0/s1. The minimum Gasteiger partial charge on any atom is -0.447 e. The molecule has 8 nitrogen and oxygen atoms in total. The maximum atomic E-state index is 13.6. The predicted molar refractivity (Wildman–Crippen MR) is 133 cm³/mol. The summed E-state index contributed by atoms with van der Waals surface area (Å²) in [5, 5.41) is 22.1. The van der Waals surface area contributed by atoms with Crippen molar-refractivity contribution in [1.29, 1.82) is 0 Å². The van der Waals surface area contributed by atoms with Crippen LogP contribution in [-0.2, 0) is 16.0 Å². The maximum absolute atomic E-state index is 13.6. The number of amides is 2. The quantitative estimate of drug-likeness (QED) is 0.368. The van der Waals surface area contributed by atoms with E-state index in [0.29, 0.717) is 10.7 Å². The molecule has 188 valence electrons. The largest absolute Gasteiger partial charge is 0.447 e. The minimum absolute atomic E-state index is 0.00679. The molecule has 0 spiro atoms. The summed E-state index contributed by atoms with van der Waals surface area (Å²) < 4.78 is 19.9. The lowest BCUT2D eigenvalue weighted by atomic mass is 10.1. The molecule has 1 aromatic heterocycles. The predicted octanol–water partition coefficient (Wildman–Crippen LogP) is 4.15. The number of aliphatic hydroxyl groups is 2. The Morgan fingerprint density at radius 2 is 2.09 bits per heavy atom. The molecule has 3 aromatic rings. The van der Waals surface area contributed by atoms with Gasteiger partial charge in [0.25, 0.3) is 0 Å². The zero-order valence-corrected chi connectivity index (χ0v) is 20.9. The third-order valence-electron chi connectivity index (χ3n) is 5.50. The first kappa shape index (κ1) is 26.8. The molecule has 35 heavy (non-hydrogen) atoms. The van der Waals surface area contributed by atoms with E-state index in [1.54, 1.807) is 6.07 Å². The van der Waals surface area contributed by atoms with Gasteiger partial charge in [-0.25, -0.2) is 14.2 Å². The van der Waals surface area contributed by atoms with E-state index in [0.717, 1.165) is 15.8 Å². The molecule has 2 amide bonds. The molecule has 0 aliphatic rings. The molecule has 0 bridgehead atoms. The molecular formula is C24H27ClFN3O5S. The van der Waals surface area contributed by atoms with Crippen LogP contribution in [0.2, 0.25) is 5.02 Å². The number of nitrogens with one attached hydrogen (secondary N) is 1. The number of ether oxygens (including phenoxy) is 1. The first-order valence-corrected chi connectivity index (χ1v) is 12.2. The number of nitrogens with zero attached hydrogens (tertiary/aromatic N) is 2. The second-order valence-corrected chi connectivity index (χ2v) is 9.57. The number of aliphatic hydroxyl groups excluding tert-OH is 2. The topological polar surface area (TPSA) is 112 Å². The van der Waals surface area contributed by atoms with E-state index in [1.165, 1.54) is 35.4 Å². The summed E-state index contributed by atoms with van der Waals surface area (Å²) in [6.45, 7) is 1.25. The molecular weight excluding hydrogens is 497 g/mol. The number of aromatic nitrogens is 1. The van der Waals surface area contributed by atoms with Gasteiger partial charge < -0.3 is 19.8 Å². The number of aryl methyl sites for hydroxylation is 2. The smallest absolute Gasteiger partial charge is 0.413 e. The number of fused-ring (bicyclic) bond motifs is 1. The monoisotopic (exact) mass is 523 g/mol. The van der Waals surface area contributed by atoms with Gasteiger partial charge >= 0.3 is 6.09 Å². The Kier molecular flexibility index (Phi) is 9.39. The number of benzene rings is 2. The van der Waals surface area contributed by atoms with E-state index < -0.39 is 30.7 Å². The summed E-state index contributed by atoms with van der Waals surface area (Å²) in [6.07, 6.45) is -1.62. The van der Waals surface area contributed by atoms with Crippen LogP contribution < -0.4 is 5.32 Å². The van der Waals surface area contributed by atoms with Crippen LogP contribution >= 0.6 is 22.9 Å². The lowest BCUT2D eigenvalue weighted by Crippen LogP contribution is -2.43. The van der Waals surface area contributed by atoms with Crippen LogP contribution in [0.25, 0.3) is 10.2 Å². The fraction of sp³-hybridized carbons (Fsp3) is 0.375. The van der Waals surface area contributed by atoms with Gasteiger partial charge in [-0.2, -0.15) is 0 Å². The van der Waals surface area contributed by atoms with Crippen LogP contribution in [-0.4, -0.2) is 64.5 Å². The molecule has 2 aromatic carbocycles. The molecule has 11 heteroatoms. The Bertz CT molecular complexity index is 1190. The zero-order valence-electron chi connectivity index (χ0n) is 19.3. The average molecular weight is 524 g/mol. The van der Waals surface area contributed by atoms with Crippen molar-refractivity contribution < 1.29 is 28.9 Å². The van der Waals surface area contributed by atoms with Gasteiger partial charge in [0.2, 0.25) is 5.91 Å². The van der Waals surface area contributed by atoms with E-state index in [1.807, 2.05) is 25.1 Å². The highest BCUT2D eigenvalue weighted by Crippen LogP contribution is 2.27. The van der Waals surface area contributed by atoms with Gasteiger partial charge in [-0.05, 0) is 49.1 Å². The SMILES string of the molecule is Cc1ccc2nc(NC(=O)OC[C@H](C[C@@H](O)CO)N(C)C(=O)CCc3cccc(F)c3Cl)sc2c1. The normalized spacial score (nSPS) is 12.9. The van der Waals surface area contributed by atoms with Crippen molar-refractivity contribution in [3.05, 3.63) is 58.4 Å². The number of rotatable bonds is 10. The summed E-state index contributed by atoms with van der Waals surface area (Å²) in [7, 11) is 1.52. The first-order chi connectivity index (χ1) is 16.7. The second-order valence-electron chi connectivity index (χ2n) is 8.16. The van der Waals surface area contributed by atoms with Crippen molar-refractivity contribution in [3.63, 3.8) is 0 Å². The van der Waals surface area contributed by atoms with E-state index in [9.17, 15) is 24.2 Å². The molecule has 2 atom stereocenters. The molecule has 0 radical (unpaired) electrons. The molecule has 0 saturated carbocycles. The van der Waals surface area contributed by atoms with Crippen LogP contribution in [0.3, 0.4) is 0 Å². The number of carbonyl (C=O) groups excluding carboxylic acids is 2. The lowest BCUT2D eigenvalue weighted by molar-refractivity contribution is -0.133. The maximum Gasteiger partial charge on any atom is 0.413 e. The lowest BCUT2D eigenvalue weighted by Gasteiger charge is -2.29. The van der Waals surface area contributed by atoms with Crippen LogP contribution in [0.5, 0.6) is 0 Å². The van der Waals surface area contributed by atoms with E-state index in [2.05, 4.69) is 10.3 Å². The van der Waals surface area contributed by atoms with E-state index >= 15 is 0 Å². The number of thiazole rings is 1. The van der Waals surface area contributed by atoms with Gasteiger partial charge in [0.05, 0.1) is 34.0 Å². The van der Waals surface area contributed by atoms with Crippen LogP contribution in [0.4, 0.5) is 14.3 Å². The minimum atomic E-state index is -1.10. The van der Waals surface area contributed by atoms with Gasteiger partial charge in [-0.3, -0.25) is 10.1 Å². The Morgan fingerprint density at radius 3 is 2.83 bits per heavy atom. The summed E-state index contributed by atoms with van der Waals surface area (Å²) in [5.41, 5.74) is 2.33. The van der Waals surface area contributed by atoms with Crippen molar-refractivity contribution in [2.75, 3.05) is 25.6 Å². The number of anilines is 1. The van der Waals surface area contributed by atoms with Gasteiger partial charge in [-0.1, -0.05) is 41.1 Å². The zero-order chi connectivity index (χ0) is 25.5. The number of likely N-dealkylation sites (N-methyl/N-ethyl adjacent to an activating group) is 1. The summed E-state index contributed by atoms with van der Waals surface area (Å²) in [5.74, 6) is -0.873. The summed E-state index contributed by atoms with van der Waals surface area (Å²) in [4.78, 5) is 30.8. The number of hydrogen-bond donors (Lipinski definition) is 3. The molecule has 0 aliphatic heterocycles. The van der Waals surface area contributed by atoms with Crippen molar-refractivity contribution in [1.82, 2.24) is 9.88 Å². The third kappa shape index (κ3) is 7.35. The summed E-state index contributed by atoms with van der Waals surface area (Å²) in [6, 6.07) is 9.46. The highest BCUT2D eigenvalue weighted by molar-refractivity contribution is 7.22. The van der Waals surface area contributed by atoms with Crippen molar-refractivity contribution in [3.8, 4) is 0 Å². The molecule has 0 fully saturated rings. The van der Waals surface area contributed by atoms with Gasteiger partial charge in [0.15, 0.2) is 5.13 Å². The number of hydrogen-bond acceptors (Lipinski definition) is 7. The van der Waals surface area contributed by atoms with Crippen molar-refractivity contribution in [2.24, 2.45) is 0 Å². The third-order valence-corrected chi connectivity index (χ3v) is 6.85. The molecule has 1 heterocycles. The Balaban J connectivity index is 1.59. The number of halogens is 2. The highest BCUT2D eigenvalue weighted by atomic mass is 35.5. The fourth-order valence-corrected chi connectivity index (χ4v) is 4.64.